The third-order valence-electron chi connectivity index (χ3n) is 4.82. The highest BCUT2D eigenvalue weighted by Gasteiger charge is 2.19. The molecule has 11 heteroatoms. The Morgan fingerprint density at radius 1 is 1.35 bits per heavy atom. The minimum Gasteiger partial charge on any atom is -0.374 e. The molecule has 1 N–H and O–H groups in total. The molecule has 0 aromatic carbocycles. The largest absolute Gasteiger partial charge is 0.374 e. The van der Waals surface area contributed by atoms with Crippen molar-refractivity contribution in [3.63, 3.8) is 0 Å². The SMILES string of the molecule is COC(C)c1noc(CN(C)C(=O)Cc2nc3scc(-c4ccc(C)s4)c3c(=O)[nH]2)n1. The molecule has 0 saturated carbocycles. The highest BCUT2D eigenvalue weighted by Crippen LogP contribution is 2.35. The average molecular weight is 460 g/mol. The molecular weight excluding hydrogens is 438 g/mol. The zero-order chi connectivity index (χ0) is 22.1. The molecule has 0 spiro atoms. The van der Waals surface area contributed by atoms with E-state index in [-0.39, 0.29) is 30.5 Å². The molecule has 0 aliphatic rings. The Hall–Kier alpha value is -2.89. The lowest BCUT2D eigenvalue weighted by molar-refractivity contribution is -0.130. The van der Waals surface area contributed by atoms with Crippen LogP contribution in [0.25, 0.3) is 20.7 Å². The van der Waals surface area contributed by atoms with Crippen molar-refractivity contribution in [2.45, 2.75) is 32.9 Å². The van der Waals surface area contributed by atoms with E-state index in [1.807, 2.05) is 24.4 Å². The molecule has 9 nitrogen and oxygen atoms in total. The maximum atomic E-state index is 12.7. The summed E-state index contributed by atoms with van der Waals surface area (Å²) in [5.41, 5.74) is 0.632. The summed E-state index contributed by atoms with van der Waals surface area (Å²) in [5.74, 6) is 0.821. The summed E-state index contributed by atoms with van der Waals surface area (Å²) in [4.78, 5) is 41.2. The third-order valence-corrected chi connectivity index (χ3v) is 6.72. The van der Waals surface area contributed by atoms with Crippen LogP contribution in [0.5, 0.6) is 0 Å². The van der Waals surface area contributed by atoms with Gasteiger partial charge in [0, 0.05) is 34.9 Å². The number of carbonyl (C=O) groups excluding carboxylic acids is 1. The fourth-order valence-corrected chi connectivity index (χ4v) is 4.93. The topological polar surface area (TPSA) is 114 Å². The van der Waals surface area contributed by atoms with Gasteiger partial charge in [-0.2, -0.15) is 4.98 Å². The number of likely N-dealkylation sites (N-methyl/N-ethyl adjacent to an activating group) is 1. The summed E-state index contributed by atoms with van der Waals surface area (Å²) >= 11 is 3.03. The van der Waals surface area contributed by atoms with Gasteiger partial charge in [-0.3, -0.25) is 9.59 Å². The number of aromatic amines is 1. The number of fused-ring (bicyclic) bond motifs is 1. The Bertz CT molecular complexity index is 1290. The highest BCUT2D eigenvalue weighted by molar-refractivity contribution is 7.19. The lowest BCUT2D eigenvalue weighted by atomic mass is 10.2. The van der Waals surface area contributed by atoms with Gasteiger partial charge in [-0.15, -0.1) is 22.7 Å². The van der Waals surface area contributed by atoms with E-state index in [4.69, 9.17) is 9.26 Å². The number of carbonyl (C=O) groups is 1. The van der Waals surface area contributed by atoms with Crippen molar-refractivity contribution in [2.75, 3.05) is 14.2 Å². The Morgan fingerprint density at radius 2 is 2.16 bits per heavy atom. The van der Waals surface area contributed by atoms with E-state index < -0.39 is 0 Å². The Morgan fingerprint density at radius 3 is 2.87 bits per heavy atom. The van der Waals surface area contributed by atoms with Crippen molar-refractivity contribution in [3.05, 3.63) is 50.3 Å². The normalized spacial score (nSPS) is 12.4. The zero-order valence-electron chi connectivity index (χ0n) is 17.5. The smallest absolute Gasteiger partial charge is 0.260 e. The molecule has 4 heterocycles. The van der Waals surface area contributed by atoms with E-state index in [9.17, 15) is 9.59 Å². The zero-order valence-corrected chi connectivity index (χ0v) is 19.1. The van der Waals surface area contributed by atoms with Gasteiger partial charge in [-0.1, -0.05) is 5.16 Å². The minimum atomic E-state index is -0.298. The average Bonchev–Trinajstić information content (AvgIpc) is 3.47. The molecule has 0 saturated heterocycles. The predicted molar refractivity (Wildman–Crippen MR) is 118 cm³/mol. The maximum absolute atomic E-state index is 12.7. The predicted octanol–water partition coefficient (Wildman–Crippen LogP) is 3.31. The molecule has 31 heavy (non-hydrogen) atoms. The molecule has 0 bridgehead atoms. The Balaban J connectivity index is 1.49. The van der Waals surface area contributed by atoms with Crippen molar-refractivity contribution in [3.8, 4) is 10.4 Å². The van der Waals surface area contributed by atoms with Gasteiger partial charge >= 0.3 is 0 Å². The van der Waals surface area contributed by atoms with E-state index in [1.165, 1.54) is 21.1 Å². The summed E-state index contributed by atoms with van der Waals surface area (Å²) in [7, 11) is 3.18. The van der Waals surface area contributed by atoms with Crippen LogP contribution in [0.3, 0.4) is 0 Å². The third kappa shape index (κ3) is 4.43. The van der Waals surface area contributed by atoms with Gasteiger partial charge in [0.1, 0.15) is 16.8 Å². The molecule has 4 rings (SSSR count). The first kappa shape index (κ1) is 21.3. The van der Waals surface area contributed by atoms with E-state index in [0.29, 0.717) is 27.8 Å². The van der Waals surface area contributed by atoms with Crippen LogP contribution >= 0.6 is 22.7 Å². The van der Waals surface area contributed by atoms with Crippen molar-refractivity contribution < 1.29 is 14.1 Å². The Labute approximate surface area is 185 Å². The first-order valence-electron chi connectivity index (χ1n) is 9.52. The van der Waals surface area contributed by atoms with E-state index in [0.717, 1.165) is 10.4 Å². The number of aromatic nitrogens is 4. The summed E-state index contributed by atoms with van der Waals surface area (Å²) in [6.07, 6.45) is -0.337. The molecule has 0 radical (unpaired) electrons. The molecule has 1 amide bonds. The number of rotatable bonds is 7. The second kappa shape index (κ2) is 8.69. The number of methoxy groups -OCH3 is 1. The first-order chi connectivity index (χ1) is 14.9. The van der Waals surface area contributed by atoms with E-state index in [2.05, 4.69) is 20.1 Å². The molecule has 162 valence electrons. The van der Waals surface area contributed by atoms with Crippen LogP contribution in [0.15, 0.2) is 26.8 Å². The van der Waals surface area contributed by atoms with Gasteiger partial charge in [0.25, 0.3) is 5.56 Å². The van der Waals surface area contributed by atoms with Crippen molar-refractivity contribution in [1.29, 1.82) is 0 Å². The lowest BCUT2D eigenvalue weighted by Gasteiger charge is -2.14. The molecule has 1 atom stereocenters. The molecular formula is C20H21N5O4S2. The molecule has 1 unspecified atom stereocenters. The number of ether oxygens (including phenoxy) is 1. The summed E-state index contributed by atoms with van der Waals surface area (Å²) < 4.78 is 10.3. The quantitative estimate of drug-likeness (QED) is 0.451. The van der Waals surface area contributed by atoms with Gasteiger partial charge in [-0.05, 0) is 26.0 Å². The van der Waals surface area contributed by atoms with Crippen LogP contribution in [0.1, 0.15) is 35.4 Å². The second-order valence-electron chi connectivity index (χ2n) is 7.10. The van der Waals surface area contributed by atoms with Gasteiger partial charge in [0.15, 0.2) is 5.82 Å². The number of aryl methyl sites for hydroxylation is 1. The van der Waals surface area contributed by atoms with Gasteiger partial charge < -0.3 is 19.1 Å². The number of thiophene rings is 2. The molecule has 4 aromatic rings. The van der Waals surface area contributed by atoms with Crippen LogP contribution in [0.4, 0.5) is 0 Å². The van der Waals surface area contributed by atoms with Crippen molar-refractivity contribution in [1.82, 2.24) is 25.0 Å². The number of H-pyrrole nitrogens is 1. The minimum absolute atomic E-state index is 0.0392. The number of hydrogen-bond donors (Lipinski definition) is 1. The van der Waals surface area contributed by atoms with Crippen LogP contribution in [0.2, 0.25) is 0 Å². The fraction of sp³-hybridized carbons (Fsp3) is 0.350. The number of hydrogen-bond acceptors (Lipinski definition) is 9. The van der Waals surface area contributed by atoms with Crippen molar-refractivity contribution in [2.24, 2.45) is 0 Å². The van der Waals surface area contributed by atoms with Gasteiger partial charge in [-0.25, -0.2) is 4.98 Å². The van der Waals surface area contributed by atoms with Crippen LogP contribution in [-0.2, 0) is 22.5 Å². The van der Waals surface area contributed by atoms with Crippen LogP contribution < -0.4 is 5.56 Å². The second-order valence-corrected chi connectivity index (χ2v) is 9.25. The summed E-state index contributed by atoms with van der Waals surface area (Å²) in [6, 6.07) is 4.03. The summed E-state index contributed by atoms with van der Waals surface area (Å²) in [6.45, 7) is 3.98. The first-order valence-corrected chi connectivity index (χ1v) is 11.2. The fourth-order valence-electron chi connectivity index (χ4n) is 3.01. The molecule has 0 aliphatic carbocycles. The van der Waals surface area contributed by atoms with Gasteiger partial charge in [0.2, 0.25) is 11.8 Å². The van der Waals surface area contributed by atoms with Crippen LogP contribution in [-0.4, -0.2) is 45.1 Å². The molecule has 0 aliphatic heterocycles. The Kier molecular flexibility index (Phi) is 5.99. The lowest BCUT2D eigenvalue weighted by Crippen LogP contribution is -2.29. The maximum Gasteiger partial charge on any atom is 0.260 e. The monoisotopic (exact) mass is 459 g/mol. The number of nitrogens with zero attached hydrogens (tertiary/aromatic N) is 4. The highest BCUT2D eigenvalue weighted by atomic mass is 32.1. The molecule has 4 aromatic heterocycles. The van der Waals surface area contributed by atoms with Gasteiger partial charge in [0.05, 0.1) is 18.4 Å². The molecule has 0 fully saturated rings. The van der Waals surface area contributed by atoms with Crippen molar-refractivity contribution >= 4 is 38.8 Å². The van der Waals surface area contributed by atoms with Crippen LogP contribution in [0, 0.1) is 6.92 Å². The number of amides is 1. The standard InChI is InChI=1S/C20H21N5O4S2/c1-10-5-6-13(31-10)12-9-30-20-17(12)19(27)21-14(22-20)7-16(26)25(3)8-15-23-18(24-29-15)11(2)28-4/h5-6,9,11H,7-8H2,1-4H3,(H,21,22,27). The van der Waals surface area contributed by atoms with E-state index >= 15 is 0 Å². The number of nitrogens with one attached hydrogen (secondary N) is 1. The van der Waals surface area contributed by atoms with E-state index in [1.54, 1.807) is 32.4 Å². The summed E-state index contributed by atoms with van der Waals surface area (Å²) in [5, 5.41) is 6.34.